The summed E-state index contributed by atoms with van der Waals surface area (Å²) in [5.41, 5.74) is 3.83. The number of aromatic amines is 1. The van der Waals surface area contributed by atoms with Gasteiger partial charge < -0.3 is 10.1 Å². The highest BCUT2D eigenvalue weighted by molar-refractivity contribution is 5.85. The van der Waals surface area contributed by atoms with Crippen molar-refractivity contribution in [1.29, 1.82) is 0 Å². The van der Waals surface area contributed by atoms with Crippen molar-refractivity contribution in [2.45, 2.75) is 50.4 Å². The Balaban J connectivity index is 1.31. The van der Waals surface area contributed by atoms with Gasteiger partial charge in [0.05, 0.1) is 0 Å². The first-order valence-corrected chi connectivity index (χ1v) is 10.1. The summed E-state index contributed by atoms with van der Waals surface area (Å²) in [4.78, 5) is 19.0. The number of hydrogen-bond donors (Lipinski definition) is 2. The molecule has 4 nitrogen and oxygen atoms in total. The summed E-state index contributed by atoms with van der Waals surface area (Å²) in [6, 6.07) is 8.01. The number of aliphatic carboxylic acids is 1. The van der Waals surface area contributed by atoms with Gasteiger partial charge in [-0.15, -0.1) is 0 Å². The molecule has 0 saturated heterocycles. The van der Waals surface area contributed by atoms with Crippen LogP contribution in [0.5, 0.6) is 0 Å². The Morgan fingerprint density at radius 1 is 1.11 bits per heavy atom. The molecule has 0 spiro atoms. The van der Waals surface area contributed by atoms with E-state index < -0.39 is 5.97 Å². The SMILES string of the molecule is O=C(O)C=Cc1ccc(Cc2ncc(C34CC5CC(CC(C5)C3)C4)[nH]2)cc1. The van der Waals surface area contributed by atoms with Gasteiger partial charge in [-0.05, 0) is 73.5 Å². The van der Waals surface area contributed by atoms with Crippen LogP contribution >= 0.6 is 0 Å². The summed E-state index contributed by atoms with van der Waals surface area (Å²) in [5, 5.41) is 8.72. The Kier molecular flexibility index (Phi) is 3.96. The van der Waals surface area contributed by atoms with E-state index in [1.807, 2.05) is 12.1 Å². The van der Waals surface area contributed by atoms with Crippen molar-refractivity contribution < 1.29 is 9.90 Å². The number of aromatic nitrogens is 2. The van der Waals surface area contributed by atoms with Crippen LogP contribution in [0.4, 0.5) is 0 Å². The van der Waals surface area contributed by atoms with Crippen LogP contribution in [-0.4, -0.2) is 21.0 Å². The number of imidazole rings is 1. The zero-order chi connectivity index (χ0) is 18.4. The Morgan fingerprint density at radius 2 is 1.74 bits per heavy atom. The molecular formula is C23H26N2O2. The molecule has 1 aromatic carbocycles. The van der Waals surface area contributed by atoms with Crippen LogP contribution in [0.3, 0.4) is 0 Å². The Bertz CT molecular complexity index is 843. The minimum atomic E-state index is -0.924. The van der Waals surface area contributed by atoms with Crippen molar-refractivity contribution in [3.8, 4) is 0 Å². The number of carbonyl (C=O) groups is 1. The lowest BCUT2D eigenvalue weighted by Gasteiger charge is -2.56. The number of carboxylic acid groups (broad SMARTS) is 1. The van der Waals surface area contributed by atoms with Crippen molar-refractivity contribution in [3.63, 3.8) is 0 Å². The summed E-state index contributed by atoms with van der Waals surface area (Å²) in [5.74, 6) is 2.93. The molecule has 0 radical (unpaired) electrons. The first kappa shape index (κ1) is 16.8. The van der Waals surface area contributed by atoms with Crippen molar-refractivity contribution >= 4 is 12.0 Å². The maximum atomic E-state index is 10.6. The fourth-order valence-corrected chi connectivity index (χ4v) is 6.27. The second kappa shape index (κ2) is 6.36. The van der Waals surface area contributed by atoms with Gasteiger partial charge in [0.15, 0.2) is 0 Å². The van der Waals surface area contributed by atoms with Gasteiger partial charge in [-0.2, -0.15) is 0 Å². The molecule has 4 saturated carbocycles. The number of H-pyrrole nitrogens is 1. The van der Waals surface area contributed by atoms with E-state index in [0.29, 0.717) is 5.41 Å². The molecule has 1 heterocycles. The van der Waals surface area contributed by atoms with Crippen LogP contribution in [-0.2, 0) is 16.6 Å². The third-order valence-corrected chi connectivity index (χ3v) is 7.01. The second-order valence-electron chi connectivity index (χ2n) is 9.03. The number of benzene rings is 1. The molecule has 4 heteroatoms. The standard InChI is InChI=1S/C23H26N2O2/c26-22(27)6-5-15-1-3-16(4-2-15)10-21-24-14-20(25-21)23-11-17-7-18(12-23)9-19(8-17)13-23/h1-6,14,17-19H,7-13H2,(H,24,25)(H,26,27). The largest absolute Gasteiger partial charge is 0.478 e. The maximum Gasteiger partial charge on any atom is 0.328 e. The average Bonchev–Trinajstić information content (AvgIpc) is 3.09. The third kappa shape index (κ3) is 3.22. The normalized spacial score (nSPS) is 31.6. The Morgan fingerprint density at radius 3 is 2.33 bits per heavy atom. The van der Waals surface area contributed by atoms with Gasteiger partial charge in [-0.1, -0.05) is 24.3 Å². The lowest BCUT2D eigenvalue weighted by Crippen LogP contribution is -2.48. The molecule has 0 atom stereocenters. The number of nitrogens with one attached hydrogen (secondary N) is 1. The van der Waals surface area contributed by atoms with E-state index in [-0.39, 0.29) is 0 Å². The van der Waals surface area contributed by atoms with Crippen LogP contribution in [0.25, 0.3) is 6.08 Å². The van der Waals surface area contributed by atoms with E-state index >= 15 is 0 Å². The molecule has 4 fully saturated rings. The van der Waals surface area contributed by atoms with Gasteiger partial charge in [0.25, 0.3) is 0 Å². The monoisotopic (exact) mass is 362 g/mol. The lowest BCUT2D eigenvalue weighted by molar-refractivity contribution is -0.131. The van der Waals surface area contributed by atoms with Crippen molar-refractivity contribution in [3.05, 3.63) is 59.2 Å². The highest BCUT2D eigenvalue weighted by Gasteiger charge is 2.52. The second-order valence-corrected chi connectivity index (χ2v) is 9.03. The topological polar surface area (TPSA) is 66.0 Å². The van der Waals surface area contributed by atoms with Gasteiger partial charge in [-0.3, -0.25) is 0 Å². The van der Waals surface area contributed by atoms with Gasteiger partial charge in [-0.25, -0.2) is 9.78 Å². The maximum absolute atomic E-state index is 10.6. The van der Waals surface area contributed by atoms with Gasteiger partial charge in [0.2, 0.25) is 0 Å². The highest BCUT2D eigenvalue weighted by Crippen LogP contribution is 2.60. The van der Waals surface area contributed by atoms with Crippen LogP contribution in [0.2, 0.25) is 0 Å². The summed E-state index contributed by atoms with van der Waals surface area (Å²) < 4.78 is 0. The average molecular weight is 362 g/mol. The van der Waals surface area contributed by atoms with Gasteiger partial charge in [0.1, 0.15) is 5.82 Å². The molecule has 0 amide bonds. The van der Waals surface area contributed by atoms with Crippen LogP contribution in [0.1, 0.15) is 61.2 Å². The quantitative estimate of drug-likeness (QED) is 0.766. The molecule has 1 aromatic heterocycles. The molecule has 0 aliphatic heterocycles. The first-order chi connectivity index (χ1) is 13.1. The first-order valence-electron chi connectivity index (χ1n) is 10.1. The fraction of sp³-hybridized carbons (Fsp3) is 0.478. The van der Waals surface area contributed by atoms with Crippen molar-refractivity contribution in [1.82, 2.24) is 9.97 Å². The smallest absolute Gasteiger partial charge is 0.328 e. The van der Waals surface area contributed by atoms with E-state index in [9.17, 15) is 4.79 Å². The molecule has 6 rings (SSSR count). The zero-order valence-electron chi connectivity index (χ0n) is 15.5. The molecule has 2 N–H and O–H groups in total. The predicted molar refractivity (Wildman–Crippen MR) is 104 cm³/mol. The lowest BCUT2D eigenvalue weighted by atomic mass is 9.49. The van der Waals surface area contributed by atoms with Crippen LogP contribution in [0, 0.1) is 17.8 Å². The number of rotatable bonds is 5. The van der Waals surface area contributed by atoms with Crippen molar-refractivity contribution in [2.24, 2.45) is 17.8 Å². The number of nitrogens with zero attached hydrogens (tertiary/aromatic N) is 1. The zero-order valence-corrected chi connectivity index (χ0v) is 15.5. The van der Waals surface area contributed by atoms with Crippen LogP contribution in [0.15, 0.2) is 36.5 Å². The minimum Gasteiger partial charge on any atom is -0.478 e. The van der Waals surface area contributed by atoms with E-state index in [1.165, 1.54) is 55.9 Å². The predicted octanol–water partition coefficient (Wildman–Crippen LogP) is 4.57. The highest BCUT2D eigenvalue weighted by atomic mass is 16.4. The van der Waals surface area contributed by atoms with E-state index in [1.54, 1.807) is 6.08 Å². The van der Waals surface area contributed by atoms with Crippen LogP contribution < -0.4 is 0 Å². The number of hydrogen-bond acceptors (Lipinski definition) is 2. The molecule has 140 valence electrons. The number of carboxylic acids is 1. The van der Waals surface area contributed by atoms with E-state index in [4.69, 9.17) is 10.1 Å². The molecule has 27 heavy (non-hydrogen) atoms. The third-order valence-electron chi connectivity index (χ3n) is 7.01. The molecular weight excluding hydrogens is 336 g/mol. The van der Waals surface area contributed by atoms with Gasteiger partial charge in [0, 0.05) is 29.8 Å². The van der Waals surface area contributed by atoms with Gasteiger partial charge >= 0.3 is 5.97 Å². The summed E-state index contributed by atoms with van der Waals surface area (Å²) in [7, 11) is 0. The molecule has 2 aromatic rings. The Hall–Kier alpha value is -2.36. The van der Waals surface area contributed by atoms with E-state index in [0.717, 1.165) is 35.6 Å². The summed E-state index contributed by atoms with van der Waals surface area (Å²) in [6.07, 6.45) is 14.1. The summed E-state index contributed by atoms with van der Waals surface area (Å²) >= 11 is 0. The molecule has 4 bridgehead atoms. The Labute approximate surface area is 159 Å². The minimum absolute atomic E-state index is 0.367. The molecule has 4 aliphatic rings. The van der Waals surface area contributed by atoms with E-state index in [2.05, 4.69) is 23.3 Å². The molecule has 0 unspecified atom stereocenters. The van der Waals surface area contributed by atoms with Crippen molar-refractivity contribution in [2.75, 3.05) is 0 Å². The summed E-state index contributed by atoms with van der Waals surface area (Å²) in [6.45, 7) is 0. The fourth-order valence-electron chi connectivity index (χ4n) is 6.27. The molecule has 4 aliphatic carbocycles.